The molecule has 1 aromatic rings. The zero-order chi connectivity index (χ0) is 28.3. The maximum Gasteiger partial charge on any atom is 0.312 e. The van der Waals surface area contributed by atoms with Crippen molar-refractivity contribution in [2.24, 2.45) is 11.8 Å². The van der Waals surface area contributed by atoms with Gasteiger partial charge in [-0.25, -0.2) is 0 Å². The number of amides is 2. The van der Waals surface area contributed by atoms with E-state index >= 15 is 0 Å². The predicted molar refractivity (Wildman–Crippen MR) is 153 cm³/mol. The van der Waals surface area contributed by atoms with Gasteiger partial charge in [-0.3, -0.25) is 14.4 Å². The summed E-state index contributed by atoms with van der Waals surface area (Å²) in [7, 11) is 0. The minimum absolute atomic E-state index is 0.0294. The van der Waals surface area contributed by atoms with Crippen molar-refractivity contribution >= 4 is 51.0 Å². The second-order valence-electron chi connectivity index (χ2n) is 10.4. The third-order valence-corrected chi connectivity index (χ3v) is 9.09. The number of benzene rings is 1. The van der Waals surface area contributed by atoms with Crippen LogP contribution in [0.5, 0.6) is 0 Å². The second kappa shape index (κ2) is 12.5. The molecule has 212 valence electrons. The Morgan fingerprint density at radius 1 is 1.31 bits per heavy atom. The minimum Gasteiger partial charge on any atom is -0.465 e. The van der Waals surface area contributed by atoms with Crippen molar-refractivity contribution in [3.8, 4) is 0 Å². The van der Waals surface area contributed by atoms with Crippen LogP contribution in [0.2, 0.25) is 5.02 Å². The van der Waals surface area contributed by atoms with Crippen LogP contribution in [0.15, 0.2) is 43.5 Å². The number of aliphatic hydroxyl groups excluding tert-OH is 1. The number of allylic oxidation sites excluding steroid dienone is 1. The zero-order valence-corrected chi connectivity index (χ0v) is 24.5. The molecule has 0 aliphatic carbocycles. The lowest BCUT2D eigenvalue weighted by Crippen LogP contribution is -2.57. The molecule has 0 radical (unpaired) electrons. The number of alkyl halides is 1. The lowest BCUT2D eigenvalue weighted by atomic mass is 9.70. The Labute approximate surface area is 243 Å². The lowest BCUT2D eigenvalue weighted by Gasteiger charge is -2.37. The van der Waals surface area contributed by atoms with Crippen LogP contribution in [0.25, 0.3) is 0 Å². The average Bonchev–Trinajstić information content (AvgIpc) is 3.49. The monoisotopic (exact) mass is 622 g/mol. The molecule has 0 aromatic heterocycles. The van der Waals surface area contributed by atoms with Crippen LogP contribution in [0.1, 0.15) is 37.7 Å². The zero-order valence-electron chi connectivity index (χ0n) is 22.2. The third kappa shape index (κ3) is 5.31. The average molecular weight is 624 g/mol. The molecule has 3 fully saturated rings. The van der Waals surface area contributed by atoms with Gasteiger partial charge in [0.2, 0.25) is 5.91 Å². The molecule has 3 heterocycles. The topological polar surface area (TPSA) is 96.4 Å². The molecule has 1 spiro atoms. The van der Waals surface area contributed by atoms with Crippen LogP contribution in [-0.2, 0) is 23.9 Å². The Morgan fingerprint density at radius 2 is 2.08 bits per heavy atom. The number of hydrogen-bond acceptors (Lipinski definition) is 6. The molecule has 8 nitrogen and oxygen atoms in total. The van der Waals surface area contributed by atoms with Crippen LogP contribution in [0, 0.1) is 18.8 Å². The number of ether oxygens (including phenoxy) is 2. The first-order valence-electron chi connectivity index (χ1n) is 13.4. The lowest BCUT2D eigenvalue weighted by molar-refractivity contribution is -0.155. The first-order valence-corrected chi connectivity index (χ1v) is 14.7. The fourth-order valence-corrected chi connectivity index (χ4v) is 7.61. The smallest absolute Gasteiger partial charge is 0.312 e. The number of para-hydroxylation sites is 1. The number of esters is 1. The standard InChI is InChI=1S/C29H36BrClN2O6/c1-4-6-9-16-38-28(37)21-22-26(35)33(14-7-8-15-34)25(29(22)17-19(30)24(21)39-29)27(36)32(13-5-2)23-18(3)11-10-12-20(23)31/h4-5,10-12,19,21-22,24-25,34H,1-2,6-9,13-17H2,3H3/t19?,21-,22+,24-,25?,29?/m1/s1. The Morgan fingerprint density at radius 3 is 2.74 bits per heavy atom. The summed E-state index contributed by atoms with van der Waals surface area (Å²) < 4.78 is 12.1. The van der Waals surface area contributed by atoms with Crippen molar-refractivity contribution in [1.82, 2.24) is 4.90 Å². The Hall–Kier alpha value is -2.20. The molecular formula is C29H36BrClN2O6. The van der Waals surface area contributed by atoms with Crippen molar-refractivity contribution in [2.75, 3.05) is 31.2 Å². The predicted octanol–water partition coefficient (Wildman–Crippen LogP) is 4.20. The molecule has 1 aromatic carbocycles. The highest BCUT2D eigenvalue weighted by molar-refractivity contribution is 9.09. The highest BCUT2D eigenvalue weighted by Gasteiger charge is 2.77. The summed E-state index contributed by atoms with van der Waals surface area (Å²) in [5.74, 6) is -2.79. The molecular weight excluding hydrogens is 588 g/mol. The number of likely N-dealkylation sites (tertiary alicyclic amines) is 1. The fourth-order valence-electron chi connectivity index (χ4n) is 6.34. The molecule has 0 saturated carbocycles. The van der Waals surface area contributed by atoms with E-state index in [4.69, 9.17) is 21.1 Å². The Bertz CT molecular complexity index is 1110. The van der Waals surface area contributed by atoms with Gasteiger partial charge in [0, 0.05) is 24.5 Å². The highest BCUT2D eigenvalue weighted by Crippen LogP contribution is 2.60. The van der Waals surface area contributed by atoms with Crippen molar-refractivity contribution in [1.29, 1.82) is 0 Å². The van der Waals surface area contributed by atoms with Gasteiger partial charge in [-0.2, -0.15) is 0 Å². The van der Waals surface area contributed by atoms with Gasteiger partial charge >= 0.3 is 5.97 Å². The van der Waals surface area contributed by atoms with Crippen molar-refractivity contribution in [3.63, 3.8) is 0 Å². The van der Waals surface area contributed by atoms with Gasteiger partial charge in [-0.05, 0) is 50.7 Å². The van der Waals surface area contributed by atoms with Crippen molar-refractivity contribution in [3.05, 3.63) is 54.1 Å². The van der Waals surface area contributed by atoms with Crippen molar-refractivity contribution < 1.29 is 29.0 Å². The summed E-state index contributed by atoms with van der Waals surface area (Å²) in [4.78, 5) is 44.8. The molecule has 2 amide bonds. The normalized spacial score (nSPS) is 28.9. The number of hydrogen-bond donors (Lipinski definition) is 1. The number of halogens is 2. The number of unbranched alkanes of at least 4 members (excludes halogenated alkanes) is 2. The van der Waals surface area contributed by atoms with Gasteiger partial charge in [0.25, 0.3) is 5.91 Å². The first-order chi connectivity index (χ1) is 18.7. The number of aliphatic hydroxyl groups is 1. The van der Waals surface area contributed by atoms with E-state index in [1.807, 2.05) is 19.1 Å². The van der Waals surface area contributed by atoms with Crippen LogP contribution in [-0.4, -0.2) is 76.7 Å². The maximum atomic E-state index is 14.5. The van der Waals surface area contributed by atoms with Gasteiger partial charge in [0.1, 0.15) is 11.6 Å². The summed E-state index contributed by atoms with van der Waals surface area (Å²) >= 11 is 10.3. The van der Waals surface area contributed by atoms with Crippen LogP contribution in [0.3, 0.4) is 0 Å². The Kier molecular flexibility index (Phi) is 9.57. The van der Waals surface area contributed by atoms with E-state index in [9.17, 15) is 19.5 Å². The molecule has 6 atom stereocenters. The summed E-state index contributed by atoms with van der Waals surface area (Å²) in [6.45, 7) is 10.0. The largest absolute Gasteiger partial charge is 0.465 e. The second-order valence-corrected chi connectivity index (χ2v) is 12.0. The molecule has 3 saturated heterocycles. The van der Waals surface area contributed by atoms with Crippen LogP contribution >= 0.6 is 27.5 Å². The number of rotatable bonds is 13. The van der Waals surface area contributed by atoms with Crippen LogP contribution < -0.4 is 4.90 Å². The summed E-state index contributed by atoms with van der Waals surface area (Å²) in [6, 6.07) is 4.43. The van der Waals surface area contributed by atoms with Gasteiger partial charge < -0.3 is 24.4 Å². The third-order valence-electron chi connectivity index (χ3n) is 7.94. The molecule has 4 rings (SSSR count). The quantitative estimate of drug-likeness (QED) is 0.153. The molecule has 3 aliphatic heterocycles. The SMILES string of the molecule is C=CCCCOC(=O)[C@H]1[C@@H]2OC3(CC2Br)C(C(=O)N(CC=C)c2c(C)cccc2Cl)N(CCCCO)C(=O)[C@H]13. The maximum absolute atomic E-state index is 14.5. The van der Waals surface area contributed by atoms with Gasteiger partial charge in [0.05, 0.1) is 35.3 Å². The van der Waals surface area contributed by atoms with E-state index in [-0.39, 0.29) is 42.9 Å². The molecule has 2 bridgehead atoms. The number of anilines is 1. The number of fused-ring (bicyclic) bond motifs is 1. The number of carbonyl (C=O) groups excluding carboxylic acids is 3. The minimum atomic E-state index is -1.20. The van der Waals surface area contributed by atoms with Gasteiger partial charge in [-0.15, -0.1) is 13.2 Å². The number of aryl methyl sites for hydroxylation is 1. The summed E-state index contributed by atoms with van der Waals surface area (Å²) in [5, 5.41) is 9.79. The van der Waals surface area contributed by atoms with E-state index < -0.39 is 35.6 Å². The van der Waals surface area contributed by atoms with Gasteiger partial charge in [0.15, 0.2) is 0 Å². The number of carbonyl (C=O) groups is 3. The highest BCUT2D eigenvalue weighted by atomic mass is 79.9. The summed E-state index contributed by atoms with van der Waals surface area (Å²) in [5.41, 5.74) is 0.151. The molecule has 1 N–H and O–H groups in total. The molecule has 39 heavy (non-hydrogen) atoms. The van der Waals surface area contributed by atoms with Gasteiger partial charge in [-0.1, -0.05) is 51.8 Å². The van der Waals surface area contributed by atoms with Crippen LogP contribution in [0.4, 0.5) is 5.69 Å². The molecule has 10 heteroatoms. The van der Waals surface area contributed by atoms with Crippen molar-refractivity contribution in [2.45, 2.75) is 61.6 Å². The number of nitrogens with zero attached hydrogens (tertiary/aromatic N) is 2. The van der Waals surface area contributed by atoms with E-state index in [0.717, 1.165) is 5.56 Å². The van der Waals surface area contributed by atoms with E-state index in [1.54, 1.807) is 28.0 Å². The first kappa shape index (κ1) is 29.8. The summed E-state index contributed by atoms with van der Waals surface area (Å²) in [6.07, 6.45) is 5.50. The van der Waals surface area contributed by atoms with E-state index in [2.05, 4.69) is 29.1 Å². The van der Waals surface area contributed by atoms with E-state index in [1.165, 1.54) is 0 Å². The molecule has 3 unspecified atom stereocenters. The fraction of sp³-hybridized carbons (Fsp3) is 0.552. The Balaban J connectivity index is 1.74. The molecule has 3 aliphatic rings. The van der Waals surface area contributed by atoms with E-state index in [0.29, 0.717) is 42.8 Å².